The third kappa shape index (κ3) is 3.11. The van der Waals surface area contributed by atoms with Crippen molar-refractivity contribution in [1.82, 2.24) is 0 Å². The molecule has 0 bridgehead atoms. The fourth-order valence-corrected chi connectivity index (χ4v) is 1.57. The number of ether oxygens (including phenoxy) is 4. The van der Waals surface area contributed by atoms with Crippen LogP contribution in [0.25, 0.3) is 0 Å². The monoisotopic (exact) mass is 236 g/mol. The number of benzene rings is 1. The first-order valence-electron chi connectivity index (χ1n) is 5.91. The average molecular weight is 236 g/mol. The lowest BCUT2D eigenvalue weighted by Gasteiger charge is -2.10. The lowest BCUT2D eigenvalue weighted by atomic mass is 10.2. The standard InChI is InChI=1S/C13H16O4/c1-9-4-10(14-5-11-6-15-11)2-3-13(9)17-8-12-7-16-12/h2-4,11-12H,5-8H2,1H3. The Hall–Kier alpha value is -1.26. The SMILES string of the molecule is Cc1cc(OCC2CO2)ccc1OCC1CO1. The molecule has 2 unspecified atom stereocenters. The van der Waals surface area contributed by atoms with Crippen molar-refractivity contribution in [2.75, 3.05) is 26.4 Å². The molecule has 0 saturated carbocycles. The van der Waals surface area contributed by atoms with Crippen molar-refractivity contribution in [1.29, 1.82) is 0 Å². The molecule has 2 aliphatic rings. The molecule has 0 spiro atoms. The van der Waals surface area contributed by atoms with Gasteiger partial charge in [0, 0.05) is 0 Å². The van der Waals surface area contributed by atoms with Crippen molar-refractivity contribution >= 4 is 0 Å². The number of epoxide rings is 2. The van der Waals surface area contributed by atoms with E-state index in [0.717, 1.165) is 30.3 Å². The molecule has 2 atom stereocenters. The number of hydrogen-bond acceptors (Lipinski definition) is 4. The van der Waals surface area contributed by atoms with Gasteiger partial charge in [0.2, 0.25) is 0 Å². The number of hydrogen-bond donors (Lipinski definition) is 0. The summed E-state index contributed by atoms with van der Waals surface area (Å²) in [5.74, 6) is 1.77. The highest BCUT2D eigenvalue weighted by atomic mass is 16.6. The van der Waals surface area contributed by atoms with Crippen LogP contribution in [0.4, 0.5) is 0 Å². The zero-order valence-electron chi connectivity index (χ0n) is 9.85. The maximum atomic E-state index is 5.65. The minimum absolute atomic E-state index is 0.289. The summed E-state index contributed by atoms with van der Waals surface area (Å²) in [5.41, 5.74) is 1.08. The first-order valence-corrected chi connectivity index (χ1v) is 5.91. The van der Waals surface area contributed by atoms with Crippen LogP contribution < -0.4 is 9.47 Å². The second-order valence-corrected chi connectivity index (χ2v) is 4.46. The van der Waals surface area contributed by atoms with E-state index in [9.17, 15) is 0 Å². The predicted octanol–water partition coefficient (Wildman–Crippen LogP) is 1.55. The molecule has 0 aliphatic carbocycles. The summed E-state index contributed by atoms with van der Waals surface area (Å²) in [6.07, 6.45) is 0.579. The van der Waals surface area contributed by atoms with E-state index in [4.69, 9.17) is 18.9 Å². The molecular formula is C13H16O4. The fourth-order valence-electron chi connectivity index (χ4n) is 1.57. The van der Waals surface area contributed by atoms with Gasteiger partial charge in [0.15, 0.2) is 0 Å². The molecule has 3 rings (SSSR count). The summed E-state index contributed by atoms with van der Waals surface area (Å²) in [5, 5.41) is 0. The van der Waals surface area contributed by atoms with Gasteiger partial charge in [-0.05, 0) is 30.7 Å². The Labute approximate surface area is 100 Å². The Morgan fingerprint density at radius 1 is 1.12 bits per heavy atom. The van der Waals surface area contributed by atoms with Crippen molar-refractivity contribution in [3.05, 3.63) is 23.8 Å². The van der Waals surface area contributed by atoms with E-state index in [0.29, 0.717) is 19.3 Å². The van der Waals surface area contributed by atoms with Crippen LogP contribution in [0.3, 0.4) is 0 Å². The van der Waals surface area contributed by atoms with Crippen LogP contribution in [0.2, 0.25) is 0 Å². The van der Waals surface area contributed by atoms with E-state index in [-0.39, 0.29) is 6.10 Å². The van der Waals surface area contributed by atoms with Gasteiger partial charge in [0.25, 0.3) is 0 Å². The van der Waals surface area contributed by atoms with Crippen molar-refractivity contribution in [3.8, 4) is 11.5 Å². The Bertz CT molecular complexity index is 396. The molecule has 4 nitrogen and oxygen atoms in total. The summed E-state index contributed by atoms with van der Waals surface area (Å²) >= 11 is 0. The van der Waals surface area contributed by atoms with E-state index >= 15 is 0 Å². The molecule has 2 fully saturated rings. The molecule has 92 valence electrons. The molecule has 2 aliphatic heterocycles. The minimum Gasteiger partial charge on any atom is -0.491 e. The summed E-state index contributed by atoms with van der Waals surface area (Å²) in [4.78, 5) is 0. The van der Waals surface area contributed by atoms with Gasteiger partial charge in [-0.15, -0.1) is 0 Å². The smallest absolute Gasteiger partial charge is 0.122 e. The Kier molecular flexibility index (Phi) is 2.91. The van der Waals surface area contributed by atoms with Gasteiger partial charge in [-0.2, -0.15) is 0 Å². The zero-order valence-corrected chi connectivity index (χ0v) is 9.85. The quantitative estimate of drug-likeness (QED) is 0.703. The minimum atomic E-state index is 0.289. The maximum Gasteiger partial charge on any atom is 0.122 e. The molecule has 4 heteroatoms. The topological polar surface area (TPSA) is 43.5 Å². The van der Waals surface area contributed by atoms with E-state index < -0.39 is 0 Å². The van der Waals surface area contributed by atoms with Crippen LogP contribution in [-0.4, -0.2) is 38.6 Å². The highest BCUT2D eigenvalue weighted by Crippen LogP contribution is 2.25. The summed E-state index contributed by atoms with van der Waals surface area (Å²) < 4.78 is 21.4. The van der Waals surface area contributed by atoms with Crippen LogP contribution >= 0.6 is 0 Å². The Morgan fingerprint density at radius 2 is 1.76 bits per heavy atom. The van der Waals surface area contributed by atoms with E-state index in [1.165, 1.54) is 0 Å². The molecule has 1 aromatic carbocycles. The van der Waals surface area contributed by atoms with Crippen molar-refractivity contribution in [2.45, 2.75) is 19.1 Å². The van der Waals surface area contributed by atoms with E-state index in [1.54, 1.807) is 0 Å². The third-order valence-corrected chi connectivity index (χ3v) is 2.81. The normalized spacial score (nSPS) is 25.5. The van der Waals surface area contributed by atoms with Crippen LogP contribution in [-0.2, 0) is 9.47 Å². The fraction of sp³-hybridized carbons (Fsp3) is 0.538. The van der Waals surface area contributed by atoms with E-state index in [1.807, 2.05) is 25.1 Å². The van der Waals surface area contributed by atoms with Gasteiger partial charge in [-0.1, -0.05) is 0 Å². The third-order valence-electron chi connectivity index (χ3n) is 2.81. The first-order chi connectivity index (χ1) is 8.31. The summed E-state index contributed by atoms with van der Waals surface area (Å²) in [6, 6.07) is 5.87. The molecule has 0 amide bonds. The highest BCUT2D eigenvalue weighted by Gasteiger charge is 2.24. The highest BCUT2D eigenvalue weighted by molar-refractivity contribution is 5.39. The lowest BCUT2D eigenvalue weighted by molar-refractivity contribution is 0.256. The number of rotatable bonds is 6. The van der Waals surface area contributed by atoms with Crippen molar-refractivity contribution in [2.24, 2.45) is 0 Å². The Balaban J connectivity index is 1.56. The molecule has 2 saturated heterocycles. The first kappa shape index (κ1) is 10.9. The van der Waals surface area contributed by atoms with Crippen LogP contribution in [0.15, 0.2) is 18.2 Å². The lowest BCUT2D eigenvalue weighted by Crippen LogP contribution is -2.06. The van der Waals surface area contributed by atoms with Crippen molar-refractivity contribution in [3.63, 3.8) is 0 Å². The Morgan fingerprint density at radius 3 is 2.35 bits per heavy atom. The molecule has 1 aromatic rings. The van der Waals surface area contributed by atoms with Crippen molar-refractivity contribution < 1.29 is 18.9 Å². The van der Waals surface area contributed by atoms with Crippen LogP contribution in [0.1, 0.15) is 5.56 Å². The van der Waals surface area contributed by atoms with Gasteiger partial charge in [-0.25, -0.2) is 0 Å². The molecule has 0 aromatic heterocycles. The number of aryl methyl sites for hydroxylation is 1. The van der Waals surface area contributed by atoms with Gasteiger partial charge < -0.3 is 18.9 Å². The van der Waals surface area contributed by atoms with Gasteiger partial charge in [0.05, 0.1) is 13.2 Å². The molecule has 2 heterocycles. The molecule has 0 radical (unpaired) electrons. The molecule has 17 heavy (non-hydrogen) atoms. The second kappa shape index (κ2) is 4.55. The molecular weight excluding hydrogens is 220 g/mol. The zero-order chi connectivity index (χ0) is 11.7. The second-order valence-electron chi connectivity index (χ2n) is 4.46. The van der Waals surface area contributed by atoms with E-state index in [2.05, 4.69) is 0 Å². The van der Waals surface area contributed by atoms with Crippen LogP contribution in [0, 0.1) is 6.92 Å². The largest absolute Gasteiger partial charge is 0.491 e. The van der Waals surface area contributed by atoms with Crippen LogP contribution in [0.5, 0.6) is 11.5 Å². The van der Waals surface area contributed by atoms with Gasteiger partial charge in [-0.3, -0.25) is 0 Å². The average Bonchev–Trinajstić information content (AvgIpc) is 3.18. The molecule has 0 N–H and O–H groups in total. The predicted molar refractivity (Wildman–Crippen MR) is 61.6 cm³/mol. The van der Waals surface area contributed by atoms with Gasteiger partial charge in [0.1, 0.15) is 36.9 Å². The summed E-state index contributed by atoms with van der Waals surface area (Å²) in [7, 11) is 0. The summed E-state index contributed by atoms with van der Waals surface area (Å²) in [6.45, 7) is 4.93. The maximum absolute atomic E-state index is 5.65. The van der Waals surface area contributed by atoms with Gasteiger partial charge >= 0.3 is 0 Å².